The summed E-state index contributed by atoms with van der Waals surface area (Å²) in [7, 11) is 4.25. The van der Waals surface area contributed by atoms with Gasteiger partial charge in [0, 0.05) is 18.6 Å². The van der Waals surface area contributed by atoms with Gasteiger partial charge in [-0.3, -0.25) is 0 Å². The summed E-state index contributed by atoms with van der Waals surface area (Å²) in [5.74, 6) is 0. The largest absolute Gasteiger partial charge is 0.316 e. The maximum atomic E-state index is 3.31. The van der Waals surface area contributed by atoms with E-state index in [1.54, 1.807) is 0 Å². The highest BCUT2D eigenvalue weighted by molar-refractivity contribution is 4.79. The third kappa shape index (κ3) is 1.70. The van der Waals surface area contributed by atoms with Crippen molar-refractivity contribution in [2.75, 3.05) is 20.6 Å². The number of piperidine rings is 1. The number of hydrogen-bond acceptors (Lipinski definition) is 2. The fourth-order valence-electron chi connectivity index (χ4n) is 1.52. The van der Waals surface area contributed by atoms with Crippen LogP contribution in [0.2, 0.25) is 0 Å². The zero-order valence-corrected chi connectivity index (χ0v) is 7.22. The molecule has 2 atom stereocenters. The van der Waals surface area contributed by atoms with E-state index in [9.17, 15) is 0 Å². The van der Waals surface area contributed by atoms with Crippen LogP contribution in [0.15, 0.2) is 0 Å². The molecule has 1 heterocycles. The normalized spacial score (nSPS) is 36.3. The van der Waals surface area contributed by atoms with E-state index in [0.717, 1.165) is 12.1 Å². The lowest BCUT2D eigenvalue weighted by molar-refractivity contribution is 0.169. The van der Waals surface area contributed by atoms with Crippen LogP contribution in [0.4, 0.5) is 0 Å². The molecule has 0 radical (unpaired) electrons. The van der Waals surface area contributed by atoms with Gasteiger partial charge in [0.15, 0.2) is 0 Å². The first-order valence-corrected chi connectivity index (χ1v) is 4.11. The Labute approximate surface area is 63.6 Å². The van der Waals surface area contributed by atoms with Crippen LogP contribution < -0.4 is 5.32 Å². The number of rotatable bonds is 1. The zero-order chi connectivity index (χ0) is 7.56. The van der Waals surface area contributed by atoms with E-state index in [1.165, 1.54) is 19.4 Å². The number of hydrogen-bond donors (Lipinski definition) is 1. The summed E-state index contributed by atoms with van der Waals surface area (Å²) in [6, 6.07) is 1.51. The topological polar surface area (TPSA) is 15.3 Å². The molecular weight excluding hydrogens is 124 g/mol. The zero-order valence-electron chi connectivity index (χ0n) is 7.22. The van der Waals surface area contributed by atoms with Crippen molar-refractivity contribution in [3.63, 3.8) is 0 Å². The van der Waals surface area contributed by atoms with Gasteiger partial charge in [-0.15, -0.1) is 0 Å². The quantitative estimate of drug-likeness (QED) is 0.579. The monoisotopic (exact) mass is 142 g/mol. The van der Waals surface area contributed by atoms with Crippen LogP contribution in [-0.2, 0) is 0 Å². The lowest BCUT2D eigenvalue weighted by Gasteiger charge is -2.34. The third-order valence-electron chi connectivity index (χ3n) is 2.60. The van der Waals surface area contributed by atoms with Crippen LogP contribution in [0.25, 0.3) is 0 Å². The Balaban J connectivity index is 2.33. The number of nitrogens with zero attached hydrogens (tertiary/aromatic N) is 1. The fourth-order valence-corrected chi connectivity index (χ4v) is 1.52. The van der Waals surface area contributed by atoms with Crippen LogP contribution >= 0.6 is 0 Å². The van der Waals surface area contributed by atoms with Crippen molar-refractivity contribution in [2.45, 2.75) is 31.8 Å². The number of likely N-dealkylation sites (N-methyl/N-ethyl adjacent to an activating group) is 2. The molecule has 1 aliphatic heterocycles. The first-order valence-electron chi connectivity index (χ1n) is 4.11. The van der Waals surface area contributed by atoms with Crippen LogP contribution in [0, 0.1) is 0 Å². The number of nitrogens with one attached hydrogen (secondary N) is 1. The molecule has 2 nitrogen and oxygen atoms in total. The van der Waals surface area contributed by atoms with Crippen molar-refractivity contribution in [3.8, 4) is 0 Å². The van der Waals surface area contributed by atoms with E-state index < -0.39 is 0 Å². The average molecular weight is 142 g/mol. The van der Waals surface area contributed by atoms with Gasteiger partial charge in [0.1, 0.15) is 0 Å². The maximum Gasteiger partial charge on any atom is 0.0192 e. The molecule has 0 aliphatic carbocycles. The van der Waals surface area contributed by atoms with Gasteiger partial charge in [0.25, 0.3) is 0 Å². The minimum Gasteiger partial charge on any atom is -0.316 e. The van der Waals surface area contributed by atoms with E-state index >= 15 is 0 Å². The molecule has 1 N–H and O–H groups in total. The molecule has 0 bridgehead atoms. The predicted molar refractivity (Wildman–Crippen MR) is 44.2 cm³/mol. The Hall–Kier alpha value is -0.0800. The number of likely N-dealkylation sites (tertiary alicyclic amines) is 1. The van der Waals surface area contributed by atoms with Gasteiger partial charge in [-0.25, -0.2) is 0 Å². The second-order valence-corrected chi connectivity index (χ2v) is 3.35. The summed E-state index contributed by atoms with van der Waals surface area (Å²) in [6.07, 6.45) is 2.67. The molecule has 0 aromatic carbocycles. The van der Waals surface area contributed by atoms with Gasteiger partial charge >= 0.3 is 0 Å². The molecule has 10 heavy (non-hydrogen) atoms. The van der Waals surface area contributed by atoms with Crippen molar-refractivity contribution in [2.24, 2.45) is 0 Å². The summed E-state index contributed by atoms with van der Waals surface area (Å²) in [5, 5.41) is 3.31. The molecular formula is C8H18N2. The first kappa shape index (κ1) is 8.02. The van der Waals surface area contributed by atoms with Gasteiger partial charge < -0.3 is 10.2 Å². The molecule has 0 aromatic rings. The molecule has 0 saturated carbocycles. The Kier molecular flexibility index (Phi) is 2.69. The molecule has 1 rings (SSSR count). The predicted octanol–water partition coefficient (Wildman–Crippen LogP) is 0.688. The van der Waals surface area contributed by atoms with Crippen LogP contribution in [0.5, 0.6) is 0 Å². The van der Waals surface area contributed by atoms with E-state index in [4.69, 9.17) is 0 Å². The Bertz CT molecular complexity index is 103. The summed E-state index contributed by atoms with van der Waals surface area (Å²) < 4.78 is 0. The van der Waals surface area contributed by atoms with Gasteiger partial charge in [-0.05, 0) is 33.9 Å². The highest BCUT2D eigenvalue weighted by atomic mass is 15.2. The van der Waals surface area contributed by atoms with Crippen LogP contribution in [0.1, 0.15) is 19.8 Å². The average Bonchev–Trinajstić information content (AvgIpc) is 1.95. The van der Waals surface area contributed by atoms with E-state index in [1.807, 2.05) is 0 Å². The van der Waals surface area contributed by atoms with Gasteiger partial charge in [-0.1, -0.05) is 0 Å². The highest BCUT2D eigenvalue weighted by Crippen LogP contribution is 2.14. The molecule has 60 valence electrons. The maximum absolute atomic E-state index is 3.31. The second-order valence-electron chi connectivity index (χ2n) is 3.35. The molecule has 1 saturated heterocycles. The molecule has 2 heteroatoms. The van der Waals surface area contributed by atoms with Crippen molar-refractivity contribution >= 4 is 0 Å². The molecule has 0 aromatic heterocycles. The third-order valence-corrected chi connectivity index (χ3v) is 2.60. The van der Waals surface area contributed by atoms with Crippen molar-refractivity contribution in [1.29, 1.82) is 0 Å². The summed E-state index contributed by atoms with van der Waals surface area (Å²) in [4.78, 5) is 2.42. The van der Waals surface area contributed by atoms with E-state index in [2.05, 4.69) is 31.2 Å². The summed E-state index contributed by atoms with van der Waals surface area (Å²) >= 11 is 0. The SMILES string of the molecule is CNC1CCC(C)N(C)C1. The van der Waals surface area contributed by atoms with Crippen LogP contribution in [0.3, 0.4) is 0 Å². The molecule has 1 aliphatic rings. The molecule has 0 spiro atoms. The van der Waals surface area contributed by atoms with Crippen molar-refractivity contribution < 1.29 is 0 Å². The minimum absolute atomic E-state index is 0.723. The minimum atomic E-state index is 0.723. The second kappa shape index (κ2) is 3.35. The first-order chi connectivity index (χ1) is 4.74. The van der Waals surface area contributed by atoms with Crippen molar-refractivity contribution in [3.05, 3.63) is 0 Å². The molecule has 0 amide bonds. The molecule has 1 fully saturated rings. The molecule has 2 unspecified atom stereocenters. The van der Waals surface area contributed by atoms with Gasteiger partial charge in [0.05, 0.1) is 0 Å². The highest BCUT2D eigenvalue weighted by Gasteiger charge is 2.20. The van der Waals surface area contributed by atoms with Crippen molar-refractivity contribution in [1.82, 2.24) is 10.2 Å². The Morgan fingerprint density at radius 3 is 2.60 bits per heavy atom. The Morgan fingerprint density at radius 1 is 1.40 bits per heavy atom. The fraction of sp³-hybridized carbons (Fsp3) is 1.00. The van der Waals surface area contributed by atoms with E-state index in [-0.39, 0.29) is 0 Å². The smallest absolute Gasteiger partial charge is 0.0192 e. The summed E-state index contributed by atoms with van der Waals surface area (Å²) in [6.45, 7) is 3.50. The Morgan fingerprint density at radius 2 is 2.10 bits per heavy atom. The van der Waals surface area contributed by atoms with Gasteiger partial charge in [0.2, 0.25) is 0 Å². The standard InChI is InChI=1S/C8H18N2/c1-7-4-5-8(9-2)6-10(7)3/h7-9H,4-6H2,1-3H3. The van der Waals surface area contributed by atoms with Crippen LogP contribution in [-0.4, -0.2) is 37.6 Å². The van der Waals surface area contributed by atoms with Gasteiger partial charge in [-0.2, -0.15) is 0 Å². The lowest BCUT2D eigenvalue weighted by atomic mass is 10.0. The van der Waals surface area contributed by atoms with E-state index in [0.29, 0.717) is 0 Å². The summed E-state index contributed by atoms with van der Waals surface area (Å²) in [5.41, 5.74) is 0. The lowest BCUT2D eigenvalue weighted by Crippen LogP contribution is -2.46.